The summed E-state index contributed by atoms with van der Waals surface area (Å²) >= 11 is 0. The topological polar surface area (TPSA) is 58.4 Å². The molecule has 2 rings (SSSR count). The molecule has 0 spiro atoms. The Morgan fingerprint density at radius 1 is 1.59 bits per heavy atom. The van der Waals surface area contributed by atoms with Gasteiger partial charge in [-0.3, -0.25) is 9.69 Å². The normalized spacial score (nSPS) is 21.4. The van der Waals surface area contributed by atoms with E-state index in [0.717, 1.165) is 19.6 Å². The van der Waals surface area contributed by atoms with Crippen molar-refractivity contribution in [1.29, 1.82) is 0 Å². The number of rotatable bonds is 3. The molecule has 0 radical (unpaired) electrons. The van der Waals surface area contributed by atoms with Crippen molar-refractivity contribution in [3.8, 4) is 0 Å². The zero-order valence-corrected chi connectivity index (χ0v) is 10.1. The number of amides is 1. The van der Waals surface area contributed by atoms with E-state index >= 15 is 0 Å². The van der Waals surface area contributed by atoms with Crippen molar-refractivity contribution in [3.63, 3.8) is 0 Å². The predicted octanol–water partition coefficient (Wildman–Crippen LogP) is 0.254. The van der Waals surface area contributed by atoms with Gasteiger partial charge in [-0.05, 0) is 12.5 Å². The molecule has 1 unspecified atom stereocenters. The Morgan fingerprint density at radius 2 is 2.41 bits per heavy atom. The van der Waals surface area contributed by atoms with Crippen molar-refractivity contribution >= 4 is 5.91 Å². The van der Waals surface area contributed by atoms with Gasteiger partial charge in [-0.1, -0.05) is 29.8 Å². The predicted molar refractivity (Wildman–Crippen MR) is 67.4 cm³/mol. The van der Waals surface area contributed by atoms with Crippen LogP contribution in [0.1, 0.15) is 11.1 Å². The van der Waals surface area contributed by atoms with Gasteiger partial charge in [0.15, 0.2) is 0 Å². The van der Waals surface area contributed by atoms with E-state index in [-0.39, 0.29) is 11.9 Å². The quantitative estimate of drug-likeness (QED) is 0.787. The van der Waals surface area contributed by atoms with Gasteiger partial charge in [-0.15, -0.1) is 0 Å². The largest absolute Gasteiger partial charge is 0.368 e. The number of hydrogen-bond donors (Lipinski definition) is 2. The number of benzene rings is 1. The summed E-state index contributed by atoms with van der Waals surface area (Å²) in [5.74, 6) is -0.246. The van der Waals surface area contributed by atoms with Crippen molar-refractivity contribution in [2.75, 3.05) is 19.6 Å². The highest BCUT2D eigenvalue weighted by Gasteiger charge is 2.26. The van der Waals surface area contributed by atoms with Crippen LogP contribution in [0.25, 0.3) is 0 Å². The molecule has 0 aliphatic carbocycles. The molecule has 1 atom stereocenters. The highest BCUT2D eigenvalue weighted by atomic mass is 16.1. The van der Waals surface area contributed by atoms with Gasteiger partial charge in [-0.2, -0.15) is 0 Å². The second-order valence-corrected chi connectivity index (χ2v) is 4.58. The van der Waals surface area contributed by atoms with Crippen LogP contribution in [-0.4, -0.2) is 36.5 Å². The van der Waals surface area contributed by atoms with Crippen molar-refractivity contribution in [3.05, 3.63) is 35.4 Å². The average molecular weight is 233 g/mol. The Labute approximate surface area is 102 Å². The SMILES string of the molecule is Cc1cccc(CN2CCNCC2C(N)=O)c1. The fraction of sp³-hybridized carbons (Fsp3) is 0.462. The molecule has 1 aromatic rings. The Kier molecular flexibility index (Phi) is 3.76. The smallest absolute Gasteiger partial charge is 0.236 e. The first-order valence-electron chi connectivity index (χ1n) is 5.96. The molecule has 4 heteroatoms. The molecule has 92 valence electrons. The molecule has 0 saturated carbocycles. The first kappa shape index (κ1) is 12.1. The maximum atomic E-state index is 11.4. The Morgan fingerprint density at radius 3 is 3.12 bits per heavy atom. The van der Waals surface area contributed by atoms with Crippen molar-refractivity contribution < 1.29 is 4.79 Å². The maximum Gasteiger partial charge on any atom is 0.236 e. The minimum atomic E-state index is -0.246. The summed E-state index contributed by atoms with van der Waals surface area (Å²) in [6, 6.07) is 8.18. The van der Waals surface area contributed by atoms with Crippen LogP contribution in [0.3, 0.4) is 0 Å². The lowest BCUT2D eigenvalue weighted by Gasteiger charge is -2.34. The number of carbonyl (C=O) groups excluding carboxylic acids is 1. The molecule has 4 nitrogen and oxygen atoms in total. The lowest BCUT2D eigenvalue weighted by molar-refractivity contribution is -0.124. The number of nitrogens with two attached hydrogens (primary N) is 1. The van der Waals surface area contributed by atoms with E-state index in [1.54, 1.807) is 0 Å². The van der Waals surface area contributed by atoms with Gasteiger partial charge in [0.25, 0.3) is 0 Å². The average Bonchev–Trinajstić information content (AvgIpc) is 2.29. The third kappa shape index (κ3) is 3.05. The number of nitrogens with zero attached hydrogens (tertiary/aromatic N) is 1. The minimum absolute atomic E-state index is 0.190. The fourth-order valence-electron chi connectivity index (χ4n) is 2.26. The van der Waals surface area contributed by atoms with Crippen LogP contribution in [-0.2, 0) is 11.3 Å². The summed E-state index contributed by atoms with van der Waals surface area (Å²) < 4.78 is 0. The van der Waals surface area contributed by atoms with Gasteiger partial charge in [0.1, 0.15) is 6.04 Å². The molecular formula is C13H19N3O. The summed E-state index contributed by atoms with van der Waals surface area (Å²) in [6.45, 7) is 5.29. The van der Waals surface area contributed by atoms with E-state index in [2.05, 4.69) is 35.3 Å². The van der Waals surface area contributed by atoms with Gasteiger partial charge in [-0.25, -0.2) is 0 Å². The van der Waals surface area contributed by atoms with Crippen LogP contribution >= 0.6 is 0 Å². The molecule has 0 bridgehead atoms. The molecule has 0 aromatic heterocycles. The van der Waals surface area contributed by atoms with Crippen LogP contribution in [0.15, 0.2) is 24.3 Å². The highest BCUT2D eigenvalue weighted by molar-refractivity contribution is 5.80. The van der Waals surface area contributed by atoms with E-state index in [4.69, 9.17) is 5.73 Å². The maximum absolute atomic E-state index is 11.4. The Balaban J connectivity index is 2.08. The highest BCUT2D eigenvalue weighted by Crippen LogP contribution is 2.11. The lowest BCUT2D eigenvalue weighted by atomic mass is 10.1. The van der Waals surface area contributed by atoms with Crippen molar-refractivity contribution in [2.45, 2.75) is 19.5 Å². The minimum Gasteiger partial charge on any atom is -0.368 e. The number of nitrogens with one attached hydrogen (secondary N) is 1. The van der Waals surface area contributed by atoms with Crippen molar-refractivity contribution in [1.82, 2.24) is 10.2 Å². The van der Waals surface area contributed by atoms with Gasteiger partial charge in [0.05, 0.1) is 0 Å². The van der Waals surface area contributed by atoms with Crippen LogP contribution in [0.2, 0.25) is 0 Å². The molecule has 1 fully saturated rings. The fourth-order valence-corrected chi connectivity index (χ4v) is 2.26. The molecule has 1 heterocycles. The van der Waals surface area contributed by atoms with Crippen LogP contribution in [0.4, 0.5) is 0 Å². The van der Waals surface area contributed by atoms with E-state index in [1.807, 2.05) is 6.07 Å². The second-order valence-electron chi connectivity index (χ2n) is 4.58. The first-order chi connectivity index (χ1) is 8.16. The zero-order chi connectivity index (χ0) is 12.3. The van der Waals surface area contributed by atoms with Crippen LogP contribution < -0.4 is 11.1 Å². The molecular weight excluding hydrogens is 214 g/mol. The second kappa shape index (κ2) is 5.29. The summed E-state index contributed by atoms with van der Waals surface area (Å²) in [5.41, 5.74) is 7.90. The molecule has 1 aliphatic heterocycles. The Hall–Kier alpha value is -1.39. The van der Waals surface area contributed by atoms with Gasteiger partial charge in [0, 0.05) is 26.2 Å². The standard InChI is InChI=1S/C13H19N3O/c1-10-3-2-4-11(7-10)9-16-6-5-15-8-12(16)13(14)17/h2-4,7,12,15H,5-6,8-9H2,1H3,(H2,14,17). The third-order valence-electron chi connectivity index (χ3n) is 3.15. The van der Waals surface area contributed by atoms with E-state index in [1.165, 1.54) is 11.1 Å². The molecule has 1 amide bonds. The van der Waals surface area contributed by atoms with Gasteiger partial charge in [0.2, 0.25) is 5.91 Å². The first-order valence-corrected chi connectivity index (χ1v) is 5.96. The molecule has 1 saturated heterocycles. The zero-order valence-electron chi connectivity index (χ0n) is 10.1. The van der Waals surface area contributed by atoms with Gasteiger partial charge >= 0.3 is 0 Å². The van der Waals surface area contributed by atoms with Crippen LogP contribution in [0, 0.1) is 6.92 Å². The summed E-state index contributed by atoms with van der Waals surface area (Å²) in [6.07, 6.45) is 0. The molecule has 3 N–H and O–H groups in total. The number of hydrogen-bond acceptors (Lipinski definition) is 3. The molecule has 1 aliphatic rings. The van der Waals surface area contributed by atoms with Gasteiger partial charge < -0.3 is 11.1 Å². The number of piperazine rings is 1. The monoisotopic (exact) mass is 233 g/mol. The van der Waals surface area contributed by atoms with E-state index < -0.39 is 0 Å². The van der Waals surface area contributed by atoms with Crippen molar-refractivity contribution in [2.24, 2.45) is 5.73 Å². The van der Waals surface area contributed by atoms with Crippen LogP contribution in [0.5, 0.6) is 0 Å². The van der Waals surface area contributed by atoms with E-state index in [0.29, 0.717) is 6.54 Å². The summed E-state index contributed by atoms with van der Waals surface area (Å²) in [5, 5.41) is 3.20. The summed E-state index contributed by atoms with van der Waals surface area (Å²) in [4.78, 5) is 13.5. The lowest BCUT2D eigenvalue weighted by Crippen LogP contribution is -2.56. The third-order valence-corrected chi connectivity index (χ3v) is 3.15. The molecule has 17 heavy (non-hydrogen) atoms. The number of carbonyl (C=O) groups is 1. The Bertz CT molecular complexity index is 405. The number of primary amides is 1. The number of aryl methyl sites for hydroxylation is 1. The van der Waals surface area contributed by atoms with E-state index in [9.17, 15) is 4.79 Å². The molecule has 1 aromatic carbocycles. The summed E-state index contributed by atoms with van der Waals surface area (Å²) in [7, 11) is 0.